The Bertz CT molecular complexity index is 475. The van der Waals surface area contributed by atoms with Gasteiger partial charge < -0.3 is 14.2 Å². The Morgan fingerprint density at radius 3 is 2.55 bits per heavy atom. The molecular formula is C14H18N2O3S. The maximum absolute atomic E-state index is 12.3. The molecule has 2 fully saturated rings. The van der Waals surface area contributed by atoms with Crippen LogP contribution in [0, 0.1) is 5.92 Å². The zero-order valence-corrected chi connectivity index (χ0v) is 12.1. The highest BCUT2D eigenvalue weighted by molar-refractivity contribution is 7.99. The van der Waals surface area contributed by atoms with E-state index in [1.165, 1.54) is 6.26 Å². The molecule has 1 aromatic heterocycles. The Balaban J connectivity index is 1.54. The molecule has 5 nitrogen and oxygen atoms in total. The number of carbonyl (C=O) groups is 2. The molecule has 0 N–H and O–H groups in total. The molecule has 0 aliphatic carbocycles. The molecule has 0 spiro atoms. The minimum atomic E-state index is -0.0847. The van der Waals surface area contributed by atoms with Crippen LogP contribution in [0.4, 0.5) is 0 Å². The lowest BCUT2D eigenvalue weighted by Gasteiger charge is -2.35. The Hall–Kier alpha value is -1.43. The van der Waals surface area contributed by atoms with Gasteiger partial charge in [-0.05, 0) is 24.3 Å². The second-order valence-electron chi connectivity index (χ2n) is 5.16. The summed E-state index contributed by atoms with van der Waals surface area (Å²) in [5.74, 6) is 2.78. The van der Waals surface area contributed by atoms with Gasteiger partial charge in [0.2, 0.25) is 5.91 Å². The van der Waals surface area contributed by atoms with Gasteiger partial charge in [0.05, 0.1) is 6.26 Å². The van der Waals surface area contributed by atoms with E-state index < -0.39 is 0 Å². The quantitative estimate of drug-likeness (QED) is 0.825. The summed E-state index contributed by atoms with van der Waals surface area (Å²) in [6, 6.07) is 3.39. The van der Waals surface area contributed by atoms with E-state index >= 15 is 0 Å². The SMILES string of the molecule is O=C(c1ccco1)N1CCN(C(=O)C2CCSC2)CC1. The number of nitrogens with zero attached hydrogens (tertiary/aromatic N) is 2. The van der Waals surface area contributed by atoms with Crippen molar-refractivity contribution in [2.45, 2.75) is 6.42 Å². The molecule has 3 heterocycles. The maximum Gasteiger partial charge on any atom is 0.289 e. The van der Waals surface area contributed by atoms with Crippen LogP contribution in [0.3, 0.4) is 0 Å². The lowest BCUT2D eigenvalue weighted by molar-refractivity contribution is -0.136. The molecule has 1 aromatic rings. The zero-order chi connectivity index (χ0) is 13.9. The molecule has 2 aliphatic rings. The summed E-state index contributed by atoms with van der Waals surface area (Å²) in [5.41, 5.74) is 0. The van der Waals surface area contributed by atoms with E-state index in [-0.39, 0.29) is 17.7 Å². The summed E-state index contributed by atoms with van der Waals surface area (Å²) in [6.45, 7) is 2.44. The fourth-order valence-electron chi connectivity index (χ4n) is 2.67. The topological polar surface area (TPSA) is 53.8 Å². The molecule has 0 saturated carbocycles. The molecule has 0 bridgehead atoms. The van der Waals surface area contributed by atoms with Gasteiger partial charge in [0.15, 0.2) is 5.76 Å². The van der Waals surface area contributed by atoms with Gasteiger partial charge in [-0.2, -0.15) is 11.8 Å². The normalized spacial score (nSPS) is 23.1. The standard InChI is InChI=1S/C14H18N2O3S/c17-13(11-3-9-20-10-11)15-4-6-16(7-5-15)14(18)12-2-1-8-19-12/h1-2,8,11H,3-7,9-10H2. The van der Waals surface area contributed by atoms with Crippen molar-refractivity contribution in [2.24, 2.45) is 5.92 Å². The van der Waals surface area contributed by atoms with Crippen molar-refractivity contribution < 1.29 is 14.0 Å². The Morgan fingerprint density at radius 1 is 1.20 bits per heavy atom. The first-order valence-corrected chi connectivity index (χ1v) is 8.10. The van der Waals surface area contributed by atoms with Gasteiger partial charge >= 0.3 is 0 Å². The van der Waals surface area contributed by atoms with E-state index in [0.29, 0.717) is 31.9 Å². The number of amides is 2. The minimum absolute atomic E-state index is 0.0847. The van der Waals surface area contributed by atoms with Crippen LogP contribution in [0.5, 0.6) is 0 Å². The molecule has 0 radical (unpaired) electrons. The van der Waals surface area contributed by atoms with Crippen molar-refractivity contribution in [2.75, 3.05) is 37.7 Å². The molecule has 2 amide bonds. The number of furan rings is 1. The molecule has 3 rings (SSSR count). The first kappa shape index (κ1) is 13.5. The number of thioether (sulfide) groups is 1. The van der Waals surface area contributed by atoms with Gasteiger partial charge in [-0.1, -0.05) is 0 Å². The van der Waals surface area contributed by atoms with Crippen molar-refractivity contribution in [1.29, 1.82) is 0 Å². The Kier molecular flexibility index (Phi) is 4.00. The smallest absolute Gasteiger partial charge is 0.289 e. The monoisotopic (exact) mass is 294 g/mol. The van der Waals surface area contributed by atoms with Crippen LogP contribution in [-0.4, -0.2) is 59.3 Å². The van der Waals surface area contributed by atoms with Crippen LogP contribution in [0.1, 0.15) is 17.0 Å². The van der Waals surface area contributed by atoms with Gasteiger partial charge in [-0.3, -0.25) is 9.59 Å². The Morgan fingerprint density at radius 2 is 1.95 bits per heavy atom. The summed E-state index contributed by atoms with van der Waals surface area (Å²) < 4.78 is 5.13. The molecule has 20 heavy (non-hydrogen) atoms. The summed E-state index contributed by atoms with van der Waals surface area (Å²) in [5, 5.41) is 0. The number of carbonyl (C=O) groups excluding carboxylic acids is 2. The molecule has 1 unspecified atom stereocenters. The van der Waals surface area contributed by atoms with Gasteiger partial charge in [-0.15, -0.1) is 0 Å². The highest BCUT2D eigenvalue weighted by Crippen LogP contribution is 2.25. The fourth-order valence-corrected chi connectivity index (χ4v) is 3.89. The number of piperazine rings is 1. The number of hydrogen-bond donors (Lipinski definition) is 0. The van der Waals surface area contributed by atoms with Crippen molar-refractivity contribution in [3.63, 3.8) is 0 Å². The Labute approximate surface area is 122 Å². The van der Waals surface area contributed by atoms with Crippen molar-refractivity contribution in [1.82, 2.24) is 9.80 Å². The predicted octanol–water partition coefficient (Wildman–Crippen LogP) is 1.32. The van der Waals surface area contributed by atoms with E-state index in [4.69, 9.17) is 4.42 Å². The highest BCUT2D eigenvalue weighted by Gasteiger charge is 2.31. The van der Waals surface area contributed by atoms with Gasteiger partial charge in [-0.25, -0.2) is 0 Å². The first-order chi connectivity index (χ1) is 9.75. The van der Waals surface area contributed by atoms with E-state index in [9.17, 15) is 9.59 Å². The van der Waals surface area contributed by atoms with E-state index in [1.807, 2.05) is 16.7 Å². The summed E-state index contributed by atoms with van der Waals surface area (Å²) in [4.78, 5) is 28.1. The molecular weight excluding hydrogens is 276 g/mol. The minimum Gasteiger partial charge on any atom is -0.459 e. The number of rotatable bonds is 2. The van der Waals surface area contributed by atoms with Crippen molar-refractivity contribution in [3.05, 3.63) is 24.2 Å². The van der Waals surface area contributed by atoms with E-state index in [2.05, 4.69) is 0 Å². The van der Waals surface area contributed by atoms with Gasteiger partial charge in [0.25, 0.3) is 5.91 Å². The van der Waals surface area contributed by atoms with Crippen LogP contribution in [0.25, 0.3) is 0 Å². The number of hydrogen-bond acceptors (Lipinski definition) is 4. The van der Waals surface area contributed by atoms with Crippen LogP contribution in [-0.2, 0) is 4.79 Å². The van der Waals surface area contributed by atoms with E-state index in [0.717, 1.165) is 17.9 Å². The first-order valence-electron chi connectivity index (χ1n) is 6.95. The summed E-state index contributed by atoms with van der Waals surface area (Å²) in [7, 11) is 0. The molecule has 6 heteroatoms. The van der Waals surface area contributed by atoms with Crippen LogP contribution >= 0.6 is 11.8 Å². The van der Waals surface area contributed by atoms with Gasteiger partial charge in [0, 0.05) is 37.8 Å². The predicted molar refractivity (Wildman–Crippen MR) is 76.6 cm³/mol. The molecule has 108 valence electrons. The van der Waals surface area contributed by atoms with Crippen LogP contribution in [0.2, 0.25) is 0 Å². The average molecular weight is 294 g/mol. The summed E-state index contributed by atoms with van der Waals surface area (Å²) >= 11 is 1.85. The van der Waals surface area contributed by atoms with Gasteiger partial charge in [0.1, 0.15) is 0 Å². The maximum atomic E-state index is 12.3. The van der Waals surface area contributed by atoms with E-state index in [1.54, 1.807) is 17.0 Å². The second-order valence-corrected chi connectivity index (χ2v) is 6.31. The zero-order valence-electron chi connectivity index (χ0n) is 11.3. The average Bonchev–Trinajstić information content (AvgIpc) is 3.18. The highest BCUT2D eigenvalue weighted by atomic mass is 32.2. The van der Waals surface area contributed by atoms with Crippen LogP contribution in [0.15, 0.2) is 22.8 Å². The molecule has 0 aromatic carbocycles. The third-order valence-corrected chi connectivity index (χ3v) is 5.05. The fraction of sp³-hybridized carbons (Fsp3) is 0.571. The van der Waals surface area contributed by atoms with Crippen molar-refractivity contribution in [3.8, 4) is 0 Å². The van der Waals surface area contributed by atoms with Crippen LogP contribution < -0.4 is 0 Å². The lowest BCUT2D eigenvalue weighted by Crippen LogP contribution is -2.52. The third-order valence-electron chi connectivity index (χ3n) is 3.89. The second kappa shape index (κ2) is 5.91. The third kappa shape index (κ3) is 2.70. The molecule has 2 aliphatic heterocycles. The largest absolute Gasteiger partial charge is 0.459 e. The molecule has 2 saturated heterocycles. The molecule has 1 atom stereocenters. The summed E-state index contributed by atoms with van der Waals surface area (Å²) in [6.07, 6.45) is 2.50. The van der Waals surface area contributed by atoms with Crippen molar-refractivity contribution >= 4 is 23.6 Å². The lowest BCUT2D eigenvalue weighted by atomic mass is 10.1.